The van der Waals surface area contributed by atoms with E-state index in [0.717, 1.165) is 36.8 Å². The SMILES string of the molecule is C=CCOc1ccc2c(c1)C1C(CCCCO)C(CCCCO)C=C3C(=NOCc4ccc([N+](=O)[O-])cc4)CC(N(CCC)S(=O)(=O)c4cccc5cccnc45)C(OCC=C)(O2)C31. The van der Waals surface area contributed by atoms with Crippen LogP contribution in [0.25, 0.3) is 10.9 Å². The third kappa shape index (κ3) is 9.50. The van der Waals surface area contributed by atoms with Gasteiger partial charge in [-0.3, -0.25) is 15.1 Å². The minimum absolute atomic E-state index is 0.00264. The largest absolute Gasteiger partial charge is 0.490 e. The second-order valence-corrected chi connectivity index (χ2v) is 18.4. The van der Waals surface area contributed by atoms with Gasteiger partial charge in [0.05, 0.1) is 34.7 Å². The molecule has 2 aliphatic carbocycles. The van der Waals surface area contributed by atoms with Crippen molar-refractivity contribution in [3.63, 3.8) is 0 Å². The second kappa shape index (κ2) is 21.0. The van der Waals surface area contributed by atoms with Crippen LogP contribution in [0.2, 0.25) is 0 Å². The van der Waals surface area contributed by atoms with Crippen LogP contribution >= 0.6 is 0 Å². The summed E-state index contributed by atoms with van der Waals surface area (Å²) in [6.45, 7) is 10.3. The highest BCUT2D eigenvalue weighted by atomic mass is 32.2. The third-order valence-corrected chi connectivity index (χ3v) is 14.5. The predicted molar refractivity (Wildman–Crippen MR) is 244 cm³/mol. The van der Waals surface area contributed by atoms with Crippen LogP contribution in [0, 0.1) is 27.9 Å². The fraction of sp³-hybridized carbons (Fsp3) is 0.429. The molecule has 14 nitrogen and oxygen atoms in total. The first-order valence-electron chi connectivity index (χ1n) is 22.1. The molecule has 64 heavy (non-hydrogen) atoms. The van der Waals surface area contributed by atoms with E-state index in [1.807, 2.05) is 37.3 Å². The normalized spacial score (nSPS) is 23.2. The van der Waals surface area contributed by atoms with Gasteiger partial charge in [-0.1, -0.05) is 67.9 Å². The van der Waals surface area contributed by atoms with Gasteiger partial charge in [0.25, 0.3) is 5.69 Å². The topological polar surface area (TPSA) is 183 Å². The molecule has 0 saturated heterocycles. The lowest BCUT2D eigenvalue weighted by atomic mass is 9.55. The zero-order chi connectivity index (χ0) is 45.3. The van der Waals surface area contributed by atoms with Crippen molar-refractivity contribution in [2.75, 3.05) is 33.0 Å². The van der Waals surface area contributed by atoms with E-state index in [9.17, 15) is 20.3 Å². The molecule has 0 bridgehead atoms. The maximum Gasteiger partial charge on any atom is 0.269 e. The number of hydrogen-bond donors (Lipinski definition) is 2. The number of allylic oxidation sites excluding steroid dienone is 1. The van der Waals surface area contributed by atoms with Crippen LogP contribution in [-0.2, 0) is 26.2 Å². The Labute approximate surface area is 375 Å². The first-order valence-corrected chi connectivity index (χ1v) is 23.6. The summed E-state index contributed by atoms with van der Waals surface area (Å²) in [5, 5.41) is 36.8. The Morgan fingerprint density at radius 2 is 1.75 bits per heavy atom. The summed E-state index contributed by atoms with van der Waals surface area (Å²) in [7, 11) is -4.34. The predicted octanol–water partition coefficient (Wildman–Crippen LogP) is 8.64. The van der Waals surface area contributed by atoms with E-state index in [0.29, 0.717) is 52.9 Å². The molecule has 1 saturated carbocycles. The van der Waals surface area contributed by atoms with E-state index in [1.165, 1.54) is 16.4 Å². The Balaban J connectivity index is 1.47. The van der Waals surface area contributed by atoms with Crippen LogP contribution in [0.5, 0.6) is 11.5 Å². The van der Waals surface area contributed by atoms with Gasteiger partial charge >= 0.3 is 0 Å². The van der Waals surface area contributed by atoms with Crippen molar-refractivity contribution in [1.82, 2.24) is 9.29 Å². The summed E-state index contributed by atoms with van der Waals surface area (Å²) in [5.74, 6) is -1.48. The van der Waals surface area contributed by atoms with Crippen molar-refractivity contribution in [3.05, 3.63) is 137 Å². The molecular weight excluding hydrogens is 837 g/mol. The monoisotopic (exact) mass is 894 g/mol. The van der Waals surface area contributed by atoms with Crippen LogP contribution in [0.15, 0.2) is 126 Å². The van der Waals surface area contributed by atoms with Gasteiger partial charge in [0.2, 0.25) is 15.8 Å². The first-order chi connectivity index (χ1) is 31.1. The van der Waals surface area contributed by atoms with Gasteiger partial charge < -0.3 is 29.3 Å². The third-order valence-electron chi connectivity index (χ3n) is 12.5. The van der Waals surface area contributed by atoms with Crippen LogP contribution in [0.3, 0.4) is 0 Å². The Bertz CT molecular complexity index is 2450. The Morgan fingerprint density at radius 3 is 2.47 bits per heavy atom. The average Bonchev–Trinajstić information content (AvgIpc) is 3.30. The number of nitro benzene ring substituents is 1. The Hall–Kier alpha value is -5.45. The number of aromatic nitrogens is 1. The number of pyridine rings is 1. The zero-order valence-electron chi connectivity index (χ0n) is 36.3. The van der Waals surface area contributed by atoms with Crippen molar-refractivity contribution in [2.24, 2.45) is 22.9 Å². The van der Waals surface area contributed by atoms with E-state index in [1.54, 1.807) is 48.7 Å². The number of unbranched alkanes of at least 4 members (excludes halogenated alkanes) is 2. The molecule has 15 heteroatoms. The van der Waals surface area contributed by atoms with Crippen molar-refractivity contribution in [3.8, 4) is 11.5 Å². The van der Waals surface area contributed by atoms with Crippen molar-refractivity contribution < 1.29 is 42.6 Å². The van der Waals surface area contributed by atoms with Crippen molar-refractivity contribution in [2.45, 2.75) is 87.5 Å². The number of non-ortho nitro benzene ring substituents is 1. The molecule has 6 atom stereocenters. The molecule has 3 aliphatic rings. The van der Waals surface area contributed by atoms with Gasteiger partial charge in [-0.25, -0.2) is 8.42 Å². The first kappa shape index (κ1) is 46.5. The zero-order valence-corrected chi connectivity index (χ0v) is 37.1. The minimum Gasteiger partial charge on any atom is -0.490 e. The number of nitrogens with zero attached hydrogens (tertiary/aromatic N) is 4. The lowest BCUT2D eigenvalue weighted by molar-refractivity contribution is -0.384. The molecule has 340 valence electrons. The van der Waals surface area contributed by atoms with Crippen molar-refractivity contribution >= 4 is 32.3 Å². The Morgan fingerprint density at radius 1 is 1.00 bits per heavy atom. The number of aliphatic hydroxyl groups is 2. The summed E-state index contributed by atoms with van der Waals surface area (Å²) in [6.07, 6.45) is 11.8. The fourth-order valence-electron chi connectivity index (χ4n) is 9.84. The quantitative estimate of drug-likeness (QED) is 0.0315. The maximum atomic E-state index is 15.5. The van der Waals surface area contributed by atoms with E-state index < -0.39 is 32.7 Å². The molecule has 1 aromatic heterocycles. The van der Waals surface area contributed by atoms with Gasteiger partial charge in [0.1, 0.15) is 29.6 Å². The van der Waals surface area contributed by atoms with Crippen molar-refractivity contribution in [1.29, 1.82) is 0 Å². The van der Waals surface area contributed by atoms with Crippen LogP contribution < -0.4 is 9.47 Å². The van der Waals surface area contributed by atoms with Gasteiger partial charge in [-0.05, 0) is 97.5 Å². The highest BCUT2D eigenvalue weighted by molar-refractivity contribution is 7.89. The lowest BCUT2D eigenvalue weighted by Gasteiger charge is -2.59. The smallest absolute Gasteiger partial charge is 0.269 e. The Kier molecular flexibility index (Phi) is 15.3. The summed E-state index contributed by atoms with van der Waals surface area (Å²) >= 11 is 0. The summed E-state index contributed by atoms with van der Waals surface area (Å²) in [5.41, 5.74) is 3.17. The summed E-state index contributed by atoms with van der Waals surface area (Å²) < 4.78 is 53.0. The number of para-hydroxylation sites is 1. The molecule has 1 fully saturated rings. The van der Waals surface area contributed by atoms with E-state index in [4.69, 9.17) is 24.2 Å². The number of oxime groups is 1. The van der Waals surface area contributed by atoms with Crippen LogP contribution in [0.4, 0.5) is 5.69 Å². The molecule has 3 aromatic carbocycles. The van der Waals surface area contributed by atoms with E-state index in [-0.39, 0.29) is 74.3 Å². The molecule has 0 radical (unpaired) electrons. The van der Waals surface area contributed by atoms with Crippen LogP contribution in [-0.4, -0.2) is 83.4 Å². The molecule has 7 rings (SSSR count). The van der Waals surface area contributed by atoms with Gasteiger partial charge in [-0.2, -0.15) is 4.31 Å². The molecule has 4 aromatic rings. The number of fused-ring (bicyclic) bond motifs is 3. The lowest BCUT2D eigenvalue weighted by Crippen LogP contribution is -2.70. The summed E-state index contributed by atoms with van der Waals surface area (Å²) in [4.78, 5) is 21.7. The minimum atomic E-state index is -4.34. The van der Waals surface area contributed by atoms with E-state index in [2.05, 4.69) is 24.2 Å². The highest BCUT2D eigenvalue weighted by Crippen LogP contribution is 2.62. The van der Waals surface area contributed by atoms with Gasteiger partial charge in [-0.15, -0.1) is 6.58 Å². The number of sulfonamides is 1. The second-order valence-electron chi connectivity index (χ2n) is 16.5. The number of nitro groups is 1. The van der Waals surface area contributed by atoms with Gasteiger partial charge in [0, 0.05) is 61.4 Å². The van der Waals surface area contributed by atoms with Crippen LogP contribution in [0.1, 0.15) is 75.3 Å². The molecule has 2 N–H and O–H groups in total. The molecule has 1 aliphatic heterocycles. The number of hydrogen-bond acceptors (Lipinski definition) is 12. The number of rotatable bonds is 23. The fourth-order valence-corrected chi connectivity index (χ4v) is 11.7. The highest BCUT2D eigenvalue weighted by Gasteiger charge is 2.66. The molecular formula is C49H58N4O10S. The van der Waals surface area contributed by atoms with E-state index >= 15 is 8.42 Å². The molecule has 6 unspecified atom stereocenters. The molecule has 0 amide bonds. The standard InChI is InChI=1S/C49H58N4O10S/c1-4-25-52(64(58,59)44-17-11-14-35-15-12-24-50-48(35)44)45-32-42(51-62-33-34-18-20-37(21-19-34)53(56)57)40-30-36(13-7-9-26-54)39(16-8-10-27-55)46-41-31-38(60-28-5-2)22-23-43(41)63-49(45,47(40)46)61-29-6-3/h5-6,11-12,14-15,17-24,30-31,36,39,45-47,54-55H,2-4,7-10,13,16,25-29,32-33H2,1H3. The molecule has 2 heterocycles. The average molecular weight is 895 g/mol. The number of aliphatic hydroxyl groups excluding tert-OH is 2. The number of ether oxygens (including phenoxy) is 3. The summed E-state index contributed by atoms with van der Waals surface area (Å²) in [6, 6.07) is 19.5. The van der Waals surface area contributed by atoms with Gasteiger partial charge in [0.15, 0.2) is 0 Å². The number of benzene rings is 3. The maximum absolute atomic E-state index is 15.5. The molecule has 0 spiro atoms.